The third-order valence-electron chi connectivity index (χ3n) is 0.918. The molecule has 0 saturated heterocycles. The second kappa shape index (κ2) is 4.98. The highest BCUT2D eigenvalue weighted by Crippen LogP contribution is 2.06. The predicted octanol–water partition coefficient (Wildman–Crippen LogP) is 2.86. The standard InChI is InChI=1S/C6H11ClO/c1-3-4-5-6(2)8-7/h2-5H2,1H3. The fraction of sp³-hybridized carbons (Fsp3) is 0.667. The molecule has 0 aliphatic carbocycles. The Hall–Kier alpha value is -0.170. The largest absolute Gasteiger partial charge is 0.391 e. The Morgan fingerprint density at radius 2 is 2.38 bits per heavy atom. The first kappa shape index (κ1) is 7.83. The van der Waals surface area contributed by atoms with Crippen LogP contribution in [-0.4, -0.2) is 0 Å². The highest BCUT2D eigenvalue weighted by Gasteiger charge is 1.89. The molecule has 0 rings (SSSR count). The van der Waals surface area contributed by atoms with Gasteiger partial charge in [0.1, 0.15) is 17.6 Å². The quantitative estimate of drug-likeness (QED) is 0.538. The fourth-order valence-corrected chi connectivity index (χ4v) is 0.490. The molecule has 0 radical (unpaired) electrons. The normalized spacial score (nSPS) is 8.75. The molecule has 8 heavy (non-hydrogen) atoms. The molecular weight excluding hydrogens is 124 g/mol. The van der Waals surface area contributed by atoms with Crippen molar-refractivity contribution in [1.29, 1.82) is 0 Å². The third-order valence-corrected chi connectivity index (χ3v) is 1.14. The van der Waals surface area contributed by atoms with E-state index in [2.05, 4.69) is 17.8 Å². The minimum absolute atomic E-state index is 0.661. The molecule has 1 nitrogen and oxygen atoms in total. The van der Waals surface area contributed by atoms with E-state index in [1.165, 1.54) is 0 Å². The van der Waals surface area contributed by atoms with Crippen LogP contribution in [0.5, 0.6) is 0 Å². The molecule has 0 fully saturated rings. The molecule has 0 aromatic carbocycles. The fourth-order valence-electron chi connectivity index (χ4n) is 0.413. The van der Waals surface area contributed by atoms with Gasteiger partial charge < -0.3 is 4.29 Å². The summed E-state index contributed by atoms with van der Waals surface area (Å²) >= 11 is 4.99. The zero-order chi connectivity index (χ0) is 6.41. The van der Waals surface area contributed by atoms with Crippen LogP contribution in [0.1, 0.15) is 26.2 Å². The van der Waals surface area contributed by atoms with Gasteiger partial charge in [0, 0.05) is 6.42 Å². The molecule has 0 amide bonds. The van der Waals surface area contributed by atoms with Crippen LogP contribution in [-0.2, 0) is 4.29 Å². The van der Waals surface area contributed by atoms with Crippen molar-refractivity contribution in [3.05, 3.63) is 12.3 Å². The van der Waals surface area contributed by atoms with Crippen LogP contribution in [0.15, 0.2) is 12.3 Å². The van der Waals surface area contributed by atoms with Gasteiger partial charge in [0.05, 0.1) is 0 Å². The summed E-state index contributed by atoms with van der Waals surface area (Å²) in [7, 11) is 0. The van der Waals surface area contributed by atoms with Gasteiger partial charge in [-0.15, -0.1) is 0 Å². The number of hydrogen-bond acceptors (Lipinski definition) is 1. The summed E-state index contributed by atoms with van der Waals surface area (Å²) in [4.78, 5) is 0. The SMILES string of the molecule is C=C(CCCC)OCl. The van der Waals surface area contributed by atoms with Gasteiger partial charge in [-0.2, -0.15) is 0 Å². The number of unbranched alkanes of at least 4 members (excludes halogenated alkanes) is 1. The van der Waals surface area contributed by atoms with E-state index in [-0.39, 0.29) is 0 Å². The summed E-state index contributed by atoms with van der Waals surface area (Å²) < 4.78 is 4.33. The highest BCUT2D eigenvalue weighted by atomic mass is 35.5. The van der Waals surface area contributed by atoms with Crippen LogP contribution in [0.3, 0.4) is 0 Å². The monoisotopic (exact) mass is 134 g/mol. The zero-order valence-corrected chi connectivity index (χ0v) is 5.87. The molecule has 0 saturated carbocycles. The summed E-state index contributed by atoms with van der Waals surface area (Å²) in [5.74, 6) is 0.661. The van der Waals surface area contributed by atoms with E-state index in [0.717, 1.165) is 19.3 Å². The van der Waals surface area contributed by atoms with Crippen LogP contribution < -0.4 is 0 Å². The molecular formula is C6H11ClO. The Kier molecular flexibility index (Phi) is 4.87. The lowest BCUT2D eigenvalue weighted by Gasteiger charge is -1.96. The first-order chi connectivity index (χ1) is 3.81. The van der Waals surface area contributed by atoms with Crippen molar-refractivity contribution in [2.75, 3.05) is 0 Å². The van der Waals surface area contributed by atoms with E-state index in [1.54, 1.807) is 0 Å². The molecule has 0 aliphatic heterocycles. The maximum atomic E-state index is 4.99. The molecule has 0 bridgehead atoms. The highest BCUT2D eigenvalue weighted by molar-refractivity contribution is 6.08. The molecule has 0 spiro atoms. The molecule has 2 heteroatoms. The lowest BCUT2D eigenvalue weighted by Crippen LogP contribution is -1.78. The van der Waals surface area contributed by atoms with E-state index >= 15 is 0 Å². The van der Waals surface area contributed by atoms with Crippen molar-refractivity contribution in [2.45, 2.75) is 26.2 Å². The van der Waals surface area contributed by atoms with Crippen LogP contribution in [0, 0.1) is 0 Å². The van der Waals surface area contributed by atoms with Crippen LogP contribution >= 0.6 is 11.9 Å². The van der Waals surface area contributed by atoms with Gasteiger partial charge in [-0.1, -0.05) is 19.9 Å². The van der Waals surface area contributed by atoms with Crippen molar-refractivity contribution < 1.29 is 4.29 Å². The molecule has 0 aliphatic rings. The lowest BCUT2D eigenvalue weighted by molar-refractivity contribution is 0.441. The summed E-state index contributed by atoms with van der Waals surface area (Å²) in [6.07, 6.45) is 3.13. The predicted molar refractivity (Wildman–Crippen MR) is 35.6 cm³/mol. The van der Waals surface area contributed by atoms with Gasteiger partial charge >= 0.3 is 0 Å². The van der Waals surface area contributed by atoms with Crippen LogP contribution in [0.4, 0.5) is 0 Å². The Bertz CT molecular complexity index is 70.9. The number of hydrogen-bond donors (Lipinski definition) is 0. The lowest BCUT2D eigenvalue weighted by atomic mass is 10.2. The molecule has 0 aromatic heterocycles. The van der Waals surface area contributed by atoms with Gasteiger partial charge in [-0.25, -0.2) is 0 Å². The van der Waals surface area contributed by atoms with Crippen LogP contribution in [0.2, 0.25) is 0 Å². The van der Waals surface area contributed by atoms with Gasteiger partial charge in [-0.05, 0) is 6.42 Å². The van der Waals surface area contributed by atoms with E-state index in [4.69, 9.17) is 11.9 Å². The first-order valence-corrected chi connectivity index (χ1v) is 3.08. The molecule has 0 aromatic rings. The average Bonchev–Trinajstić information content (AvgIpc) is 1.83. The summed E-state index contributed by atoms with van der Waals surface area (Å²) in [6.45, 7) is 5.67. The summed E-state index contributed by atoms with van der Waals surface area (Å²) in [6, 6.07) is 0. The maximum absolute atomic E-state index is 4.99. The summed E-state index contributed by atoms with van der Waals surface area (Å²) in [5.41, 5.74) is 0. The topological polar surface area (TPSA) is 9.23 Å². The first-order valence-electron chi connectivity index (χ1n) is 2.77. The zero-order valence-electron chi connectivity index (χ0n) is 5.11. The summed E-state index contributed by atoms with van der Waals surface area (Å²) in [5, 5.41) is 0. The Morgan fingerprint density at radius 1 is 1.75 bits per heavy atom. The molecule has 0 heterocycles. The van der Waals surface area contributed by atoms with E-state index in [0.29, 0.717) is 5.76 Å². The second-order valence-electron chi connectivity index (χ2n) is 1.72. The van der Waals surface area contributed by atoms with Crippen molar-refractivity contribution in [2.24, 2.45) is 0 Å². The smallest absolute Gasteiger partial charge is 0.134 e. The Balaban J connectivity index is 2.99. The Morgan fingerprint density at radius 3 is 2.75 bits per heavy atom. The van der Waals surface area contributed by atoms with E-state index in [9.17, 15) is 0 Å². The van der Waals surface area contributed by atoms with Gasteiger partial charge in [-0.3, -0.25) is 0 Å². The van der Waals surface area contributed by atoms with Crippen molar-refractivity contribution >= 4 is 11.9 Å². The number of rotatable bonds is 4. The van der Waals surface area contributed by atoms with Gasteiger partial charge in [0.25, 0.3) is 0 Å². The van der Waals surface area contributed by atoms with E-state index < -0.39 is 0 Å². The number of allylic oxidation sites excluding steroid dienone is 1. The third kappa shape index (κ3) is 4.00. The number of halogens is 1. The van der Waals surface area contributed by atoms with Crippen molar-refractivity contribution in [3.63, 3.8) is 0 Å². The minimum atomic E-state index is 0.661. The molecule has 48 valence electrons. The van der Waals surface area contributed by atoms with Crippen molar-refractivity contribution in [3.8, 4) is 0 Å². The van der Waals surface area contributed by atoms with Crippen molar-refractivity contribution in [1.82, 2.24) is 0 Å². The molecule has 0 N–H and O–H groups in total. The van der Waals surface area contributed by atoms with Gasteiger partial charge in [0.15, 0.2) is 0 Å². The molecule has 0 atom stereocenters. The van der Waals surface area contributed by atoms with Crippen LogP contribution in [0.25, 0.3) is 0 Å². The van der Waals surface area contributed by atoms with E-state index in [1.807, 2.05) is 0 Å². The minimum Gasteiger partial charge on any atom is -0.391 e. The molecule has 0 unspecified atom stereocenters. The Labute approximate surface area is 55.5 Å². The second-order valence-corrected chi connectivity index (χ2v) is 1.87. The average molecular weight is 135 g/mol. The maximum Gasteiger partial charge on any atom is 0.134 e. The van der Waals surface area contributed by atoms with Gasteiger partial charge in [0.2, 0.25) is 0 Å².